The molecule has 3 rings (SSSR count). The molecule has 2 N–H and O–H groups in total. The van der Waals surface area contributed by atoms with Crippen LogP contribution in [0.15, 0.2) is 53.4 Å². The number of anilines is 1. The van der Waals surface area contributed by atoms with Crippen molar-refractivity contribution in [3.8, 4) is 0 Å². The molecule has 1 amide bonds. The van der Waals surface area contributed by atoms with Gasteiger partial charge in [-0.1, -0.05) is 36.4 Å². The molecule has 0 bridgehead atoms. The van der Waals surface area contributed by atoms with Crippen molar-refractivity contribution in [3.05, 3.63) is 59.7 Å². The smallest absolute Gasteiger partial charge is 0.243 e. The van der Waals surface area contributed by atoms with Gasteiger partial charge in [0.2, 0.25) is 15.9 Å². The average Bonchev–Trinajstić information content (AvgIpc) is 2.74. The summed E-state index contributed by atoms with van der Waals surface area (Å²) in [7, 11) is -3.61. The number of ether oxygens (including phenoxy) is 1. The predicted molar refractivity (Wildman–Crippen MR) is 112 cm³/mol. The second-order valence-electron chi connectivity index (χ2n) is 7.05. The van der Waals surface area contributed by atoms with Gasteiger partial charge in [0.05, 0.1) is 24.7 Å². The summed E-state index contributed by atoms with van der Waals surface area (Å²) >= 11 is 0. The number of aryl methyl sites for hydroxylation is 1. The van der Waals surface area contributed by atoms with Crippen LogP contribution < -0.4 is 10.6 Å². The Hall–Kier alpha value is -2.26. The number of benzene rings is 2. The number of amides is 1. The van der Waals surface area contributed by atoms with E-state index >= 15 is 0 Å². The molecule has 1 atom stereocenters. The van der Waals surface area contributed by atoms with E-state index in [4.69, 9.17) is 4.74 Å². The Kier molecular flexibility index (Phi) is 7.02. The van der Waals surface area contributed by atoms with E-state index in [1.165, 1.54) is 10.4 Å². The van der Waals surface area contributed by atoms with Gasteiger partial charge in [0.25, 0.3) is 0 Å². The lowest BCUT2D eigenvalue weighted by molar-refractivity contribution is -0.115. The third-order valence-corrected chi connectivity index (χ3v) is 6.85. The molecule has 1 aliphatic heterocycles. The summed E-state index contributed by atoms with van der Waals surface area (Å²) in [6, 6.07) is 14.7. The molecule has 8 heteroatoms. The minimum Gasteiger partial charge on any atom is -0.379 e. The quantitative estimate of drug-likeness (QED) is 0.722. The number of nitrogens with one attached hydrogen (secondary N) is 2. The lowest BCUT2D eigenvalue weighted by atomic mass is 10.1. The van der Waals surface area contributed by atoms with Gasteiger partial charge in [-0.2, -0.15) is 4.31 Å². The molecule has 0 aliphatic carbocycles. The number of carbonyl (C=O) groups is 1. The van der Waals surface area contributed by atoms with Crippen molar-refractivity contribution in [2.75, 3.05) is 38.2 Å². The fourth-order valence-corrected chi connectivity index (χ4v) is 4.57. The molecule has 2 aromatic rings. The summed E-state index contributed by atoms with van der Waals surface area (Å²) < 4.78 is 32.4. The summed E-state index contributed by atoms with van der Waals surface area (Å²) in [5.41, 5.74) is 2.39. The molecule has 0 unspecified atom stereocenters. The molecule has 1 saturated heterocycles. The number of hydrogen-bond acceptors (Lipinski definition) is 5. The topological polar surface area (TPSA) is 87.7 Å². The van der Waals surface area contributed by atoms with Crippen LogP contribution in [0, 0.1) is 6.92 Å². The van der Waals surface area contributed by atoms with Gasteiger partial charge in [0.1, 0.15) is 0 Å². The first-order valence-electron chi connectivity index (χ1n) is 9.64. The molecule has 0 spiro atoms. The van der Waals surface area contributed by atoms with Gasteiger partial charge in [-0.05, 0) is 37.1 Å². The van der Waals surface area contributed by atoms with Crippen molar-refractivity contribution in [1.82, 2.24) is 9.62 Å². The van der Waals surface area contributed by atoms with Crippen molar-refractivity contribution in [3.63, 3.8) is 0 Å². The highest BCUT2D eigenvalue weighted by atomic mass is 32.2. The standard InChI is InChI=1S/C21H27N3O4S/c1-16-8-9-19(29(26,27)24-10-12-28-13-11-24)14-20(16)23-21(25)15-22-17(2)18-6-4-3-5-7-18/h3-9,14,17,22H,10-13,15H2,1-2H3,(H,23,25)/t17-/m1/s1. The van der Waals surface area contributed by atoms with E-state index in [0.29, 0.717) is 32.0 Å². The number of sulfonamides is 1. The van der Waals surface area contributed by atoms with Crippen LogP contribution in [0.5, 0.6) is 0 Å². The average molecular weight is 418 g/mol. The number of carbonyl (C=O) groups excluding carboxylic acids is 1. The SMILES string of the molecule is Cc1ccc(S(=O)(=O)N2CCOCC2)cc1NC(=O)CN[C@H](C)c1ccccc1. The zero-order chi connectivity index (χ0) is 20.9. The molecular formula is C21H27N3O4S. The van der Waals surface area contributed by atoms with Crippen LogP contribution in [0.2, 0.25) is 0 Å². The normalized spacial score (nSPS) is 16.3. The molecule has 1 aliphatic rings. The highest BCUT2D eigenvalue weighted by Crippen LogP contribution is 2.23. The van der Waals surface area contributed by atoms with Crippen LogP contribution in [0.4, 0.5) is 5.69 Å². The van der Waals surface area contributed by atoms with E-state index in [9.17, 15) is 13.2 Å². The monoisotopic (exact) mass is 417 g/mol. The van der Waals surface area contributed by atoms with E-state index in [0.717, 1.165) is 11.1 Å². The number of morpholine rings is 1. The minimum atomic E-state index is -3.61. The maximum Gasteiger partial charge on any atom is 0.243 e. The van der Waals surface area contributed by atoms with Crippen LogP contribution >= 0.6 is 0 Å². The van der Waals surface area contributed by atoms with Crippen molar-refractivity contribution in [1.29, 1.82) is 0 Å². The first kappa shape index (κ1) is 21.4. The highest BCUT2D eigenvalue weighted by molar-refractivity contribution is 7.89. The maximum absolute atomic E-state index is 12.9. The van der Waals surface area contributed by atoms with Crippen LogP contribution in [0.1, 0.15) is 24.1 Å². The van der Waals surface area contributed by atoms with Crippen LogP contribution in [0.25, 0.3) is 0 Å². The number of hydrogen-bond donors (Lipinski definition) is 2. The first-order chi connectivity index (χ1) is 13.9. The molecule has 0 saturated carbocycles. The summed E-state index contributed by atoms with van der Waals surface area (Å²) in [6.07, 6.45) is 0. The number of nitrogens with zero attached hydrogens (tertiary/aromatic N) is 1. The van der Waals surface area contributed by atoms with E-state index in [-0.39, 0.29) is 23.4 Å². The highest BCUT2D eigenvalue weighted by Gasteiger charge is 2.26. The summed E-state index contributed by atoms with van der Waals surface area (Å²) in [4.78, 5) is 12.6. The van der Waals surface area contributed by atoms with Crippen molar-refractivity contribution in [2.24, 2.45) is 0 Å². The molecule has 1 fully saturated rings. The van der Waals surface area contributed by atoms with Crippen LogP contribution in [0.3, 0.4) is 0 Å². The second-order valence-corrected chi connectivity index (χ2v) is 8.99. The van der Waals surface area contributed by atoms with Gasteiger partial charge in [0.15, 0.2) is 0 Å². The Bertz CT molecular complexity index is 942. The third-order valence-electron chi connectivity index (χ3n) is 4.96. The Balaban J connectivity index is 1.66. The van der Waals surface area contributed by atoms with Crippen molar-refractivity contribution in [2.45, 2.75) is 24.8 Å². The second kappa shape index (κ2) is 9.49. The lowest BCUT2D eigenvalue weighted by Gasteiger charge is -2.26. The zero-order valence-electron chi connectivity index (χ0n) is 16.7. The van der Waals surface area contributed by atoms with Crippen molar-refractivity contribution < 1.29 is 17.9 Å². The van der Waals surface area contributed by atoms with Gasteiger partial charge >= 0.3 is 0 Å². The molecule has 0 aromatic heterocycles. The van der Waals surface area contributed by atoms with E-state index in [1.54, 1.807) is 12.1 Å². The van der Waals surface area contributed by atoms with Crippen LogP contribution in [-0.2, 0) is 19.6 Å². The maximum atomic E-state index is 12.9. The molecule has 29 heavy (non-hydrogen) atoms. The lowest BCUT2D eigenvalue weighted by Crippen LogP contribution is -2.40. The fraction of sp³-hybridized carbons (Fsp3) is 0.381. The largest absolute Gasteiger partial charge is 0.379 e. The van der Waals surface area contributed by atoms with E-state index in [2.05, 4.69) is 10.6 Å². The summed E-state index contributed by atoms with van der Waals surface area (Å²) in [5, 5.41) is 6.01. The van der Waals surface area contributed by atoms with Gasteiger partial charge in [-0.25, -0.2) is 8.42 Å². The summed E-state index contributed by atoms with van der Waals surface area (Å²) in [5.74, 6) is -0.225. The Morgan fingerprint density at radius 3 is 2.52 bits per heavy atom. The molecule has 156 valence electrons. The van der Waals surface area contributed by atoms with Gasteiger partial charge in [0, 0.05) is 24.8 Å². The zero-order valence-corrected chi connectivity index (χ0v) is 17.5. The van der Waals surface area contributed by atoms with E-state index in [1.807, 2.05) is 44.2 Å². The summed E-state index contributed by atoms with van der Waals surface area (Å²) in [6.45, 7) is 5.39. The third kappa shape index (κ3) is 5.42. The van der Waals surface area contributed by atoms with E-state index < -0.39 is 10.0 Å². The predicted octanol–water partition coefficient (Wildman–Crippen LogP) is 2.31. The Labute approximate surface area is 172 Å². The molecule has 2 aromatic carbocycles. The Morgan fingerprint density at radius 2 is 1.83 bits per heavy atom. The fourth-order valence-electron chi connectivity index (χ4n) is 3.13. The Morgan fingerprint density at radius 1 is 1.14 bits per heavy atom. The molecule has 7 nitrogen and oxygen atoms in total. The van der Waals surface area contributed by atoms with Gasteiger partial charge in [-0.15, -0.1) is 0 Å². The van der Waals surface area contributed by atoms with Crippen molar-refractivity contribution >= 4 is 21.6 Å². The molecule has 0 radical (unpaired) electrons. The first-order valence-corrected chi connectivity index (χ1v) is 11.1. The van der Waals surface area contributed by atoms with Crippen LogP contribution in [-0.4, -0.2) is 51.5 Å². The molecule has 1 heterocycles. The molecular weight excluding hydrogens is 390 g/mol. The number of rotatable bonds is 7. The van der Waals surface area contributed by atoms with Gasteiger partial charge < -0.3 is 15.4 Å². The minimum absolute atomic E-state index is 0.0241. The van der Waals surface area contributed by atoms with Gasteiger partial charge in [-0.3, -0.25) is 4.79 Å².